The lowest BCUT2D eigenvalue weighted by Crippen LogP contribution is -2.06. The molecule has 6 heteroatoms. The van der Waals surface area contributed by atoms with Crippen LogP contribution in [-0.4, -0.2) is 4.98 Å². The lowest BCUT2D eigenvalue weighted by molar-refractivity contribution is -0.137. The molecule has 1 aromatic heterocycles. The molecule has 0 bridgehead atoms. The number of halogens is 4. The fourth-order valence-electron chi connectivity index (χ4n) is 0.868. The third kappa shape index (κ3) is 2.48. The van der Waals surface area contributed by atoms with Gasteiger partial charge in [0.25, 0.3) is 0 Å². The number of aromatic nitrogens is 1. The Bertz CT molecular complexity index is 446. The Hall–Kier alpha value is -1.54. The summed E-state index contributed by atoms with van der Waals surface area (Å²) in [6, 6.07) is 2.37. The lowest BCUT2D eigenvalue weighted by Gasteiger charge is -2.07. The van der Waals surface area contributed by atoms with Gasteiger partial charge in [-0.1, -0.05) is 18.2 Å². The van der Waals surface area contributed by atoms with Gasteiger partial charge in [-0.2, -0.15) is 18.4 Å². The predicted octanol–water partition coefficient (Wildman–Crippen LogP) is 3.29. The van der Waals surface area contributed by atoms with Crippen LogP contribution in [0.25, 0.3) is 5.57 Å². The van der Waals surface area contributed by atoms with Crippen molar-refractivity contribution in [3.8, 4) is 6.07 Å². The van der Waals surface area contributed by atoms with Crippen LogP contribution in [0.4, 0.5) is 13.2 Å². The molecule has 0 spiro atoms. The Labute approximate surface area is 88.6 Å². The fraction of sp³-hybridized carbons (Fsp3) is 0.111. The van der Waals surface area contributed by atoms with Crippen LogP contribution in [-0.2, 0) is 6.18 Å². The quantitative estimate of drug-likeness (QED) is 0.697. The van der Waals surface area contributed by atoms with Crippen molar-refractivity contribution >= 4 is 17.2 Å². The van der Waals surface area contributed by atoms with Crippen molar-refractivity contribution in [3.05, 3.63) is 35.1 Å². The van der Waals surface area contributed by atoms with Crippen molar-refractivity contribution in [2.45, 2.75) is 6.18 Å². The molecule has 0 fully saturated rings. The molecule has 15 heavy (non-hydrogen) atoms. The van der Waals surface area contributed by atoms with Gasteiger partial charge >= 0.3 is 6.18 Å². The predicted molar refractivity (Wildman–Crippen MR) is 48.9 cm³/mol. The average Bonchev–Trinajstić information content (AvgIpc) is 2.15. The zero-order valence-electron chi connectivity index (χ0n) is 7.27. The highest BCUT2D eigenvalue weighted by atomic mass is 35.5. The summed E-state index contributed by atoms with van der Waals surface area (Å²) in [5.41, 5.74) is -1.07. The van der Waals surface area contributed by atoms with Crippen molar-refractivity contribution in [2.24, 2.45) is 0 Å². The van der Waals surface area contributed by atoms with E-state index >= 15 is 0 Å². The molecule has 0 saturated carbocycles. The average molecular weight is 233 g/mol. The molecular weight excluding hydrogens is 229 g/mol. The number of hydrogen-bond acceptors (Lipinski definition) is 2. The molecule has 78 valence electrons. The third-order valence-electron chi connectivity index (χ3n) is 1.59. The van der Waals surface area contributed by atoms with E-state index < -0.39 is 11.7 Å². The van der Waals surface area contributed by atoms with Crippen LogP contribution in [0.1, 0.15) is 11.3 Å². The first kappa shape index (κ1) is 11.5. The highest BCUT2D eigenvalue weighted by molar-refractivity contribution is 6.32. The first-order valence-electron chi connectivity index (χ1n) is 3.68. The van der Waals surface area contributed by atoms with Crippen LogP contribution in [0, 0.1) is 11.3 Å². The van der Waals surface area contributed by atoms with Gasteiger partial charge in [-0.15, -0.1) is 0 Å². The molecule has 1 aromatic rings. The molecule has 0 unspecified atom stereocenters. The van der Waals surface area contributed by atoms with Gasteiger partial charge in [0.05, 0.1) is 21.9 Å². The maximum atomic E-state index is 12.2. The van der Waals surface area contributed by atoms with E-state index in [1.807, 2.05) is 0 Å². The van der Waals surface area contributed by atoms with E-state index in [1.165, 1.54) is 0 Å². The van der Waals surface area contributed by atoms with Crippen LogP contribution in [0.15, 0.2) is 18.8 Å². The van der Waals surface area contributed by atoms with Crippen LogP contribution in [0.5, 0.6) is 0 Å². The molecule has 0 amide bonds. The number of allylic oxidation sites excluding steroid dienone is 1. The topological polar surface area (TPSA) is 36.7 Å². The van der Waals surface area contributed by atoms with E-state index in [2.05, 4.69) is 11.6 Å². The second-order valence-corrected chi connectivity index (χ2v) is 3.05. The Morgan fingerprint density at radius 1 is 1.53 bits per heavy atom. The molecule has 0 saturated heterocycles. The number of rotatable bonds is 1. The molecule has 0 aromatic carbocycles. The summed E-state index contributed by atoms with van der Waals surface area (Å²) in [5.74, 6) is 0. The van der Waals surface area contributed by atoms with Gasteiger partial charge in [-0.3, -0.25) is 4.98 Å². The molecule has 0 aliphatic heterocycles. The van der Waals surface area contributed by atoms with Gasteiger partial charge in [0.1, 0.15) is 6.07 Å². The zero-order valence-corrected chi connectivity index (χ0v) is 8.02. The summed E-state index contributed by atoms with van der Waals surface area (Å²) in [5, 5.41) is 8.23. The van der Waals surface area contributed by atoms with E-state index in [-0.39, 0.29) is 16.3 Å². The molecule has 0 aliphatic rings. The second kappa shape index (κ2) is 3.91. The first-order valence-corrected chi connectivity index (χ1v) is 4.06. The minimum atomic E-state index is -4.50. The standard InChI is InChI=1S/C9H4ClF3N2/c1-5(3-14)8-7(10)2-6(4-15-8)9(11,12)13/h2,4H,1H2. The van der Waals surface area contributed by atoms with E-state index in [0.717, 1.165) is 0 Å². The largest absolute Gasteiger partial charge is 0.417 e. The first-order chi connectivity index (χ1) is 6.86. The summed E-state index contributed by atoms with van der Waals surface area (Å²) in [7, 11) is 0. The number of nitriles is 1. The monoisotopic (exact) mass is 232 g/mol. The third-order valence-corrected chi connectivity index (χ3v) is 1.88. The molecule has 0 radical (unpaired) electrons. The highest BCUT2D eigenvalue weighted by Crippen LogP contribution is 2.32. The van der Waals surface area contributed by atoms with Crippen molar-refractivity contribution in [1.82, 2.24) is 4.98 Å². The maximum absolute atomic E-state index is 12.2. The molecular formula is C9H4ClF3N2. The summed E-state index contributed by atoms with van der Waals surface area (Å²) in [6.07, 6.45) is -3.88. The SMILES string of the molecule is C=C(C#N)c1ncc(C(F)(F)F)cc1Cl. The maximum Gasteiger partial charge on any atom is 0.417 e. The van der Waals surface area contributed by atoms with Crippen LogP contribution >= 0.6 is 11.6 Å². The summed E-state index contributed by atoms with van der Waals surface area (Å²) >= 11 is 5.53. The van der Waals surface area contributed by atoms with Crippen LogP contribution in [0.3, 0.4) is 0 Å². The Kier molecular flexibility index (Phi) is 3.01. The van der Waals surface area contributed by atoms with Gasteiger partial charge in [-0.05, 0) is 6.07 Å². The van der Waals surface area contributed by atoms with Crippen molar-refractivity contribution in [1.29, 1.82) is 5.26 Å². The van der Waals surface area contributed by atoms with Crippen molar-refractivity contribution < 1.29 is 13.2 Å². The minimum Gasteiger partial charge on any atom is -0.253 e. The van der Waals surface area contributed by atoms with Crippen LogP contribution in [0.2, 0.25) is 5.02 Å². The Morgan fingerprint density at radius 2 is 2.13 bits per heavy atom. The number of nitrogens with zero attached hydrogens (tertiary/aromatic N) is 2. The molecule has 0 N–H and O–H groups in total. The van der Waals surface area contributed by atoms with E-state index in [1.54, 1.807) is 6.07 Å². The van der Waals surface area contributed by atoms with Gasteiger partial charge in [0, 0.05) is 6.20 Å². The van der Waals surface area contributed by atoms with Gasteiger partial charge in [0.15, 0.2) is 0 Å². The summed E-state index contributed by atoms with van der Waals surface area (Å²) < 4.78 is 36.6. The number of hydrogen-bond donors (Lipinski definition) is 0. The molecule has 2 nitrogen and oxygen atoms in total. The van der Waals surface area contributed by atoms with Crippen molar-refractivity contribution in [2.75, 3.05) is 0 Å². The number of alkyl halides is 3. The Balaban J connectivity index is 3.22. The van der Waals surface area contributed by atoms with Crippen molar-refractivity contribution in [3.63, 3.8) is 0 Å². The minimum absolute atomic E-state index is 0.0350. The molecule has 1 rings (SSSR count). The zero-order chi connectivity index (χ0) is 11.6. The summed E-state index contributed by atoms with van der Waals surface area (Å²) in [4.78, 5) is 3.44. The van der Waals surface area contributed by atoms with Gasteiger partial charge in [0.2, 0.25) is 0 Å². The Morgan fingerprint density at radius 3 is 2.53 bits per heavy atom. The second-order valence-electron chi connectivity index (χ2n) is 2.64. The van der Waals surface area contributed by atoms with E-state index in [4.69, 9.17) is 16.9 Å². The highest BCUT2D eigenvalue weighted by Gasteiger charge is 2.31. The number of pyridine rings is 1. The lowest BCUT2D eigenvalue weighted by atomic mass is 10.2. The van der Waals surface area contributed by atoms with Gasteiger partial charge in [-0.25, -0.2) is 0 Å². The molecule has 0 aliphatic carbocycles. The summed E-state index contributed by atoms with van der Waals surface area (Å²) in [6.45, 7) is 3.31. The fourth-order valence-corrected chi connectivity index (χ4v) is 1.15. The molecule has 1 heterocycles. The molecule has 0 atom stereocenters. The van der Waals surface area contributed by atoms with E-state index in [0.29, 0.717) is 12.3 Å². The normalized spacial score (nSPS) is 10.9. The van der Waals surface area contributed by atoms with Gasteiger partial charge < -0.3 is 0 Å². The smallest absolute Gasteiger partial charge is 0.253 e. The van der Waals surface area contributed by atoms with E-state index in [9.17, 15) is 13.2 Å². The van der Waals surface area contributed by atoms with Crippen LogP contribution < -0.4 is 0 Å².